The van der Waals surface area contributed by atoms with Gasteiger partial charge in [0.15, 0.2) is 0 Å². The lowest BCUT2D eigenvalue weighted by Gasteiger charge is -2.39. The Morgan fingerprint density at radius 3 is 2.69 bits per heavy atom. The molecule has 88 valence electrons. The van der Waals surface area contributed by atoms with Crippen molar-refractivity contribution in [2.24, 2.45) is 5.73 Å². The van der Waals surface area contributed by atoms with Crippen LogP contribution in [0, 0.1) is 0 Å². The topological polar surface area (TPSA) is 79.9 Å². The van der Waals surface area contributed by atoms with Gasteiger partial charge in [0.1, 0.15) is 11.9 Å². The van der Waals surface area contributed by atoms with Gasteiger partial charge in [-0.2, -0.15) is 5.10 Å². The average molecular weight is 241 g/mol. The Balaban J connectivity index is 2.41. The molecule has 16 heavy (non-hydrogen) atoms. The standard InChI is InChI=1S/C9H15N5OS/c1-13-4-2-9(3-5-13,7(10)16)14-6-11-12-8(14)15/h6H,2-5H2,1H3,(H2,10,16)(H,12,15). The van der Waals surface area contributed by atoms with E-state index in [1.165, 1.54) is 10.9 Å². The van der Waals surface area contributed by atoms with E-state index in [0.717, 1.165) is 25.9 Å². The summed E-state index contributed by atoms with van der Waals surface area (Å²) < 4.78 is 1.53. The molecule has 1 saturated heterocycles. The van der Waals surface area contributed by atoms with Crippen LogP contribution in [0.5, 0.6) is 0 Å². The number of nitrogens with one attached hydrogen (secondary N) is 1. The summed E-state index contributed by atoms with van der Waals surface area (Å²) in [7, 11) is 2.04. The molecule has 0 spiro atoms. The molecule has 0 bridgehead atoms. The monoisotopic (exact) mass is 241 g/mol. The molecule has 1 fully saturated rings. The summed E-state index contributed by atoms with van der Waals surface area (Å²) in [5, 5.41) is 6.13. The van der Waals surface area contributed by atoms with Crippen molar-refractivity contribution < 1.29 is 0 Å². The predicted octanol–water partition coefficient (Wildman–Crippen LogP) is -0.722. The molecule has 0 radical (unpaired) electrons. The molecule has 1 aromatic heterocycles. The van der Waals surface area contributed by atoms with Crippen LogP contribution in [0.3, 0.4) is 0 Å². The highest BCUT2D eigenvalue weighted by atomic mass is 32.1. The summed E-state index contributed by atoms with van der Waals surface area (Å²) in [5.74, 6) is 0. The molecular weight excluding hydrogens is 226 g/mol. The predicted molar refractivity (Wildman–Crippen MR) is 64.3 cm³/mol. The highest BCUT2D eigenvalue weighted by Crippen LogP contribution is 2.28. The van der Waals surface area contributed by atoms with Gasteiger partial charge in [0.05, 0.1) is 4.99 Å². The van der Waals surface area contributed by atoms with Gasteiger partial charge < -0.3 is 10.6 Å². The third-order valence-corrected chi connectivity index (χ3v) is 3.67. The smallest absolute Gasteiger partial charge is 0.343 e. The number of rotatable bonds is 2. The lowest BCUT2D eigenvalue weighted by atomic mass is 9.87. The number of aromatic amines is 1. The van der Waals surface area contributed by atoms with Gasteiger partial charge in [-0.25, -0.2) is 9.89 Å². The van der Waals surface area contributed by atoms with Crippen LogP contribution in [0.1, 0.15) is 12.8 Å². The number of H-pyrrole nitrogens is 1. The summed E-state index contributed by atoms with van der Waals surface area (Å²) in [6, 6.07) is 0. The molecule has 2 heterocycles. The fourth-order valence-electron chi connectivity index (χ4n) is 2.15. The maximum Gasteiger partial charge on any atom is 0.343 e. The Bertz CT molecular complexity index is 443. The molecule has 2 rings (SSSR count). The van der Waals surface area contributed by atoms with E-state index in [-0.39, 0.29) is 5.69 Å². The number of aromatic nitrogens is 3. The van der Waals surface area contributed by atoms with Gasteiger partial charge in [-0.3, -0.25) is 4.57 Å². The Morgan fingerprint density at radius 2 is 2.25 bits per heavy atom. The second-order valence-electron chi connectivity index (χ2n) is 4.23. The minimum absolute atomic E-state index is 0.252. The minimum Gasteiger partial charge on any atom is -0.391 e. The zero-order valence-electron chi connectivity index (χ0n) is 9.14. The first-order chi connectivity index (χ1) is 7.56. The molecule has 0 atom stereocenters. The third-order valence-electron chi connectivity index (χ3n) is 3.29. The van der Waals surface area contributed by atoms with E-state index in [1.54, 1.807) is 0 Å². The molecule has 0 amide bonds. The molecule has 1 aromatic rings. The van der Waals surface area contributed by atoms with Crippen LogP contribution in [0.4, 0.5) is 0 Å². The van der Waals surface area contributed by atoms with Crippen molar-refractivity contribution in [1.29, 1.82) is 0 Å². The number of likely N-dealkylation sites (tertiary alicyclic amines) is 1. The van der Waals surface area contributed by atoms with Crippen LogP contribution < -0.4 is 11.4 Å². The first-order valence-electron chi connectivity index (χ1n) is 5.17. The highest BCUT2D eigenvalue weighted by Gasteiger charge is 2.39. The second-order valence-corrected chi connectivity index (χ2v) is 4.67. The van der Waals surface area contributed by atoms with Crippen molar-refractivity contribution in [2.75, 3.05) is 20.1 Å². The molecule has 7 heteroatoms. The van der Waals surface area contributed by atoms with E-state index in [1.807, 2.05) is 7.05 Å². The average Bonchev–Trinajstić information content (AvgIpc) is 2.66. The first kappa shape index (κ1) is 11.3. The molecule has 1 aliphatic heterocycles. The largest absolute Gasteiger partial charge is 0.391 e. The van der Waals surface area contributed by atoms with Crippen LogP contribution in [0.25, 0.3) is 0 Å². The fraction of sp³-hybridized carbons (Fsp3) is 0.667. The molecular formula is C9H15N5OS. The van der Waals surface area contributed by atoms with E-state index in [9.17, 15) is 4.79 Å². The van der Waals surface area contributed by atoms with Crippen molar-refractivity contribution in [2.45, 2.75) is 18.4 Å². The van der Waals surface area contributed by atoms with E-state index in [4.69, 9.17) is 18.0 Å². The van der Waals surface area contributed by atoms with Crippen LogP contribution >= 0.6 is 12.2 Å². The van der Waals surface area contributed by atoms with Crippen LogP contribution in [-0.4, -0.2) is 44.8 Å². The Kier molecular flexibility index (Phi) is 2.81. The molecule has 0 aromatic carbocycles. The Hall–Kier alpha value is -1.21. The normalized spacial score (nSPS) is 20.8. The van der Waals surface area contributed by atoms with Crippen LogP contribution in [-0.2, 0) is 5.54 Å². The summed E-state index contributed by atoms with van der Waals surface area (Å²) >= 11 is 5.13. The number of hydrogen-bond donors (Lipinski definition) is 2. The van der Waals surface area contributed by atoms with E-state index >= 15 is 0 Å². The molecule has 0 saturated carbocycles. The van der Waals surface area contributed by atoms with Gasteiger partial charge in [-0.15, -0.1) is 0 Å². The minimum atomic E-state index is -0.550. The van der Waals surface area contributed by atoms with Gasteiger partial charge in [-0.05, 0) is 19.9 Å². The molecule has 6 nitrogen and oxygen atoms in total. The summed E-state index contributed by atoms with van der Waals surface area (Å²) in [6.45, 7) is 1.74. The SMILES string of the molecule is CN1CCC(C(N)=S)(n2cn[nH]c2=O)CC1. The number of nitrogens with two attached hydrogens (primary N) is 1. The summed E-state index contributed by atoms with van der Waals surface area (Å²) in [6.07, 6.45) is 2.98. The molecule has 0 unspecified atom stereocenters. The van der Waals surface area contributed by atoms with Crippen LogP contribution in [0.2, 0.25) is 0 Å². The molecule has 1 aliphatic rings. The maximum absolute atomic E-state index is 11.6. The number of thiocarbonyl (C=S) groups is 1. The number of nitrogens with zero attached hydrogens (tertiary/aromatic N) is 3. The van der Waals surface area contributed by atoms with E-state index < -0.39 is 5.54 Å². The van der Waals surface area contributed by atoms with Crippen molar-refractivity contribution in [3.05, 3.63) is 16.8 Å². The van der Waals surface area contributed by atoms with Crippen molar-refractivity contribution in [3.63, 3.8) is 0 Å². The van der Waals surface area contributed by atoms with Gasteiger partial charge in [-0.1, -0.05) is 12.2 Å². The highest BCUT2D eigenvalue weighted by molar-refractivity contribution is 7.80. The van der Waals surface area contributed by atoms with Gasteiger partial charge in [0, 0.05) is 13.1 Å². The summed E-state index contributed by atoms with van der Waals surface area (Å²) in [5.41, 5.74) is 5.02. The van der Waals surface area contributed by atoms with Crippen molar-refractivity contribution in [3.8, 4) is 0 Å². The Morgan fingerprint density at radius 1 is 1.62 bits per heavy atom. The van der Waals surface area contributed by atoms with Gasteiger partial charge in [0.25, 0.3) is 0 Å². The first-order valence-corrected chi connectivity index (χ1v) is 5.58. The number of piperidine rings is 1. The van der Waals surface area contributed by atoms with E-state index in [0.29, 0.717) is 4.99 Å². The zero-order valence-corrected chi connectivity index (χ0v) is 9.96. The van der Waals surface area contributed by atoms with Gasteiger partial charge >= 0.3 is 5.69 Å². The quantitative estimate of drug-likeness (QED) is 0.668. The summed E-state index contributed by atoms with van der Waals surface area (Å²) in [4.78, 5) is 14.2. The van der Waals surface area contributed by atoms with Gasteiger partial charge in [0.2, 0.25) is 0 Å². The number of hydrogen-bond acceptors (Lipinski definition) is 4. The van der Waals surface area contributed by atoms with Crippen molar-refractivity contribution in [1.82, 2.24) is 19.7 Å². The van der Waals surface area contributed by atoms with Crippen LogP contribution in [0.15, 0.2) is 11.1 Å². The van der Waals surface area contributed by atoms with E-state index in [2.05, 4.69) is 15.1 Å². The maximum atomic E-state index is 11.6. The molecule has 3 N–H and O–H groups in total. The lowest BCUT2D eigenvalue weighted by molar-refractivity contribution is 0.181. The third kappa shape index (κ3) is 1.65. The fourth-order valence-corrected chi connectivity index (χ4v) is 2.45. The van der Waals surface area contributed by atoms with Crippen molar-refractivity contribution >= 4 is 17.2 Å². The zero-order chi connectivity index (χ0) is 11.8. The second kappa shape index (κ2) is 3.99. The lowest BCUT2D eigenvalue weighted by Crippen LogP contribution is -2.54. The Labute approximate surface area is 98.4 Å². The molecule has 0 aliphatic carbocycles.